The molecule has 1 unspecified atom stereocenters. The largest absolute Gasteiger partial charge is 0.476 e. The van der Waals surface area contributed by atoms with Crippen LogP contribution in [-0.4, -0.2) is 56.6 Å². The van der Waals surface area contributed by atoms with Crippen LogP contribution in [0.15, 0.2) is 6.20 Å². The minimum Gasteiger partial charge on any atom is -0.476 e. The molecule has 1 aliphatic carbocycles. The first kappa shape index (κ1) is 13.8. The van der Waals surface area contributed by atoms with E-state index in [-0.39, 0.29) is 17.8 Å². The van der Waals surface area contributed by atoms with Crippen molar-refractivity contribution in [1.82, 2.24) is 25.2 Å². The summed E-state index contributed by atoms with van der Waals surface area (Å²) in [7, 11) is 0. The normalized spacial score (nSPS) is 23.5. The van der Waals surface area contributed by atoms with Crippen LogP contribution >= 0.6 is 0 Å². The van der Waals surface area contributed by atoms with Crippen molar-refractivity contribution in [2.75, 3.05) is 19.6 Å². The van der Waals surface area contributed by atoms with Gasteiger partial charge in [-0.1, -0.05) is 19.1 Å². The number of aromatic nitrogens is 3. The van der Waals surface area contributed by atoms with Gasteiger partial charge in [-0.2, -0.15) is 0 Å². The molecule has 2 aliphatic rings. The number of carboxylic acid groups (broad SMARTS) is 1. The fraction of sp³-hybridized carbons (Fsp3) is 0.692. The van der Waals surface area contributed by atoms with E-state index in [2.05, 4.69) is 29.5 Å². The smallest absolute Gasteiger partial charge is 0.358 e. The molecule has 1 aliphatic heterocycles. The van der Waals surface area contributed by atoms with Gasteiger partial charge < -0.3 is 15.3 Å². The van der Waals surface area contributed by atoms with Gasteiger partial charge in [0.05, 0.1) is 12.2 Å². The van der Waals surface area contributed by atoms with Gasteiger partial charge in [-0.05, 0) is 17.8 Å². The second kappa shape index (κ2) is 4.71. The van der Waals surface area contributed by atoms with Gasteiger partial charge in [-0.3, -0.25) is 0 Å². The predicted molar refractivity (Wildman–Crippen MR) is 72.9 cm³/mol. The molecule has 114 valence electrons. The number of nitrogens with one attached hydrogen (secondary N) is 1. The zero-order valence-electron chi connectivity index (χ0n) is 12.1. The van der Waals surface area contributed by atoms with E-state index in [1.165, 1.54) is 10.9 Å². The van der Waals surface area contributed by atoms with Gasteiger partial charge in [0.25, 0.3) is 0 Å². The summed E-state index contributed by atoms with van der Waals surface area (Å²) in [4.78, 5) is 24.4. The van der Waals surface area contributed by atoms with Crippen molar-refractivity contribution in [3.63, 3.8) is 0 Å². The number of carbonyl (C=O) groups excluding carboxylic acids is 1. The first-order valence-corrected chi connectivity index (χ1v) is 7.05. The van der Waals surface area contributed by atoms with Gasteiger partial charge >= 0.3 is 12.0 Å². The van der Waals surface area contributed by atoms with E-state index in [1.807, 2.05) is 0 Å². The zero-order valence-corrected chi connectivity index (χ0v) is 12.1. The number of aromatic carboxylic acids is 1. The average molecular weight is 293 g/mol. The minimum absolute atomic E-state index is 0.00807. The maximum absolute atomic E-state index is 11.9. The lowest BCUT2D eigenvalue weighted by Gasteiger charge is -2.38. The molecule has 8 heteroatoms. The molecule has 0 aromatic carbocycles. The maximum atomic E-state index is 11.9. The van der Waals surface area contributed by atoms with E-state index in [1.54, 1.807) is 4.90 Å². The highest BCUT2D eigenvalue weighted by Crippen LogP contribution is 2.50. The number of urea groups is 1. The summed E-state index contributed by atoms with van der Waals surface area (Å²) in [6.07, 6.45) is 2.56. The van der Waals surface area contributed by atoms with Crippen LogP contribution in [0, 0.1) is 11.3 Å². The molecule has 0 radical (unpaired) electrons. The quantitative estimate of drug-likeness (QED) is 0.846. The van der Waals surface area contributed by atoms with E-state index in [0.717, 1.165) is 13.0 Å². The number of carbonyl (C=O) groups is 2. The van der Waals surface area contributed by atoms with Gasteiger partial charge in [-0.25, -0.2) is 14.3 Å². The fourth-order valence-electron chi connectivity index (χ4n) is 2.59. The average Bonchev–Trinajstić information content (AvgIpc) is 2.75. The molecule has 1 saturated carbocycles. The van der Waals surface area contributed by atoms with Crippen molar-refractivity contribution in [3.8, 4) is 0 Å². The van der Waals surface area contributed by atoms with Crippen LogP contribution in [0.3, 0.4) is 0 Å². The van der Waals surface area contributed by atoms with Crippen molar-refractivity contribution in [3.05, 3.63) is 11.9 Å². The molecular weight excluding hydrogens is 274 g/mol. The number of hydrogen-bond acceptors (Lipinski definition) is 4. The third kappa shape index (κ3) is 2.70. The van der Waals surface area contributed by atoms with Gasteiger partial charge in [0, 0.05) is 19.6 Å². The molecular formula is C13H19N5O3. The van der Waals surface area contributed by atoms with E-state index < -0.39 is 5.97 Å². The SMILES string of the molecule is CC1(C)CC1CNC(=O)N1CC(n2cc(C(=O)O)nn2)C1. The molecule has 2 amide bonds. The Labute approximate surface area is 122 Å². The Kier molecular flexibility index (Phi) is 3.11. The molecule has 1 aromatic rings. The Hall–Kier alpha value is -2.12. The van der Waals surface area contributed by atoms with Crippen LogP contribution in [0.25, 0.3) is 0 Å². The van der Waals surface area contributed by atoms with Crippen LogP contribution in [0.5, 0.6) is 0 Å². The minimum atomic E-state index is -1.10. The third-order valence-corrected chi connectivity index (χ3v) is 4.47. The van der Waals surface area contributed by atoms with E-state index >= 15 is 0 Å². The van der Waals surface area contributed by atoms with Gasteiger partial charge in [0.2, 0.25) is 0 Å². The fourth-order valence-corrected chi connectivity index (χ4v) is 2.59. The van der Waals surface area contributed by atoms with Crippen molar-refractivity contribution >= 4 is 12.0 Å². The number of rotatable bonds is 4. The second-order valence-electron chi connectivity index (χ2n) is 6.52. The molecule has 8 nitrogen and oxygen atoms in total. The second-order valence-corrected chi connectivity index (χ2v) is 6.52. The molecule has 0 spiro atoms. The lowest BCUT2D eigenvalue weighted by Crippen LogP contribution is -2.54. The van der Waals surface area contributed by atoms with Crippen molar-refractivity contribution in [2.24, 2.45) is 11.3 Å². The molecule has 2 N–H and O–H groups in total. The molecule has 1 aromatic heterocycles. The van der Waals surface area contributed by atoms with Crippen molar-refractivity contribution in [2.45, 2.75) is 26.3 Å². The molecule has 1 atom stereocenters. The Morgan fingerprint density at radius 2 is 2.14 bits per heavy atom. The Balaban J connectivity index is 1.44. The highest BCUT2D eigenvalue weighted by Gasteiger charge is 2.45. The first-order chi connectivity index (χ1) is 9.87. The summed E-state index contributed by atoms with van der Waals surface area (Å²) in [6.45, 7) is 6.19. The molecule has 21 heavy (non-hydrogen) atoms. The maximum Gasteiger partial charge on any atom is 0.358 e. The zero-order chi connectivity index (χ0) is 15.2. The van der Waals surface area contributed by atoms with Crippen molar-refractivity contribution in [1.29, 1.82) is 0 Å². The number of amides is 2. The lowest BCUT2D eigenvalue weighted by molar-refractivity contribution is 0.0690. The summed E-state index contributed by atoms with van der Waals surface area (Å²) >= 11 is 0. The predicted octanol–water partition coefficient (Wildman–Crippen LogP) is 0.589. The summed E-state index contributed by atoms with van der Waals surface area (Å²) in [5, 5.41) is 19.1. The van der Waals surface area contributed by atoms with Gasteiger partial charge in [0.1, 0.15) is 0 Å². The molecule has 0 bridgehead atoms. The Morgan fingerprint density at radius 1 is 1.48 bits per heavy atom. The first-order valence-electron chi connectivity index (χ1n) is 7.05. The topological polar surface area (TPSA) is 100 Å². The summed E-state index contributed by atoms with van der Waals surface area (Å²) in [5.74, 6) is -0.519. The highest BCUT2D eigenvalue weighted by atomic mass is 16.4. The number of hydrogen-bond donors (Lipinski definition) is 2. The Morgan fingerprint density at radius 3 is 2.67 bits per heavy atom. The molecule has 3 rings (SSSR count). The summed E-state index contributed by atoms with van der Waals surface area (Å²) < 4.78 is 1.51. The van der Waals surface area contributed by atoms with Crippen LogP contribution in [0.1, 0.15) is 36.8 Å². The van der Waals surface area contributed by atoms with Crippen LogP contribution in [0.4, 0.5) is 4.79 Å². The standard InChI is InChI=1S/C13H19N5O3/c1-13(2)3-8(13)4-14-12(21)17-5-9(6-17)18-7-10(11(19)20)15-16-18/h7-9H,3-6H2,1-2H3,(H,14,21)(H,19,20). The van der Waals surface area contributed by atoms with Crippen LogP contribution in [0.2, 0.25) is 0 Å². The third-order valence-electron chi connectivity index (χ3n) is 4.47. The lowest BCUT2D eigenvalue weighted by atomic mass is 10.1. The molecule has 1 saturated heterocycles. The number of likely N-dealkylation sites (tertiary alicyclic amines) is 1. The summed E-state index contributed by atoms with van der Waals surface area (Å²) in [5.41, 5.74) is 0.285. The van der Waals surface area contributed by atoms with Crippen molar-refractivity contribution < 1.29 is 14.7 Å². The molecule has 2 heterocycles. The van der Waals surface area contributed by atoms with Crippen LogP contribution < -0.4 is 5.32 Å². The van der Waals surface area contributed by atoms with E-state index in [0.29, 0.717) is 24.4 Å². The monoisotopic (exact) mass is 293 g/mol. The summed E-state index contributed by atoms with van der Waals surface area (Å²) in [6, 6.07) is -0.0544. The Bertz CT molecular complexity index is 576. The number of nitrogens with zero attached hydrogens (tertiary/aromatic N) is 4. The molecule has 2 fully saturated rings. The van der Waals surface area contributed by atoms with Crippen LogP contribution in [-0.2, 0) is 0 Å². The number of carboxylic acids is 1. The highest BCUT2D eigenvalue weighted by molar-refractivity contribution is 5.84. The van der Waals surface area contributed by atoms with Gasteiger partial charge in [-0.15, -0.1) is 5.10 Å². The van der Waals surface area contributed by atoms with E-state index in [4.69, 9.17) is 5.11 Å². The van der Waals surface area contributed by atoms with Gasteiger partial charge in [0.15, 0.2) is 5.69 Å². The van der Waals surface area contributed by atoms with E-state index in [9.17, 15) is 9.59 Å².